The molecule has 0 fully saturated rings. The molecule has 1 aromatic rings. The standard InChI is InChI=1S/C21H22BrNO2/c1-13-10-17-12-15(3)23(19(21(17)25)11-14(13)2)9-8-20(24)16-4-6-18(22)7-5-16/h4-9,12,17,19H,10-11H2,1-3H3. The second-order valence-electron chi connectivity index (χ2n) is 6.90. The zero-order chi connectivity index (χ0) is 18.1. The summed E-state index contributed by atoms with van der Waals surface area (Å²) in [6.07, 6.45) is 6.90. The van der Waals surface area contributed by atoms with Crippen molar-refractivity contribution in [3.63, 3.8) is 0 Å². The Bertz CT molecular complexity index is 802. The molecule has 1 aliphatic heterocycles. The Morgan fingerprint density at radius 1 is 1.12 bits per heavy atom. The smallest absolute Gasteiger partial charge is 0.187 e. The molecule has 130 valence electrons. The maximum atomic E-state index is 12.8. The van der Waals surface area contributed by atoms with Gasteiger partial charge in [-0.3, -0.25) is 9.59 Å². The van der Waals surface area contributed by atoms with Crippen LogP contribution in [0.4, 0.5) is 0 Å². The number of fused-ring (bicyclic) bond motifs is 2. The molecular formula is C21H22BrNO2. The average molecular weight is 400 g/mol. The third kappa shape index (κ3) is 3.69. The van der Waals surface area contributed by atoms with E-state index in [9.17, 15) is 9.59 Å². The summed E-state index contributed by atoms with van der Waals surface area (Å²) in [7, 11) is 0. The summed E-state index contributed by atoms with van der Waals surface area (Å²) in [5.74, 6) is 0.156. The highest BCUT2D eigenvalue weighted by Gasteiger charge is 2.37. The first kappa shape index (κ1) is 17.9. The first-order valence-corrected chi connectivity index (χ1v) is 9.30. The van der Waals surface area contributed by atoms with Crippen LogP contribution in [0.3, 0.4) is 0 Å². The van der Waals surface area contributed by atoms with Crippen LogP contribution in [0.25, 0.3) is 0 Å². The second-order valence-corrected chi connectivity index (χ2v) is 7.81. The lowest BCUT2D eigenvalue weighted by molar-refractivity contribution is -0.126. The van der Waals surface area contributed by atoms with Crippen molar-refractivity contribution in [3.05, 3.63) is 69.5 Å². The predicted molar refractivity (Wildman–Crippen MR) is 103 cm³/mol. The van der Waals surface area contributed by atoms with Crippen LogP contribution in [0.1, 0.15) is 44.0 Å². The van der Waals surface area contributed by atoms with Gasteiger partial charge in [0, 0.05) is 33.9 Å². The van der Waals surface area contributed by atoms with E-state index in [4.69, 9.17) is 0 Å². The number of carbonyl (C=O) groups is 2. The van der Waals surface area contributed by atoms with E-state index in [1.54, 1.807) is 24.4 Å². The summed E-state index contributed by atoms with van der Waals surface area (Å²) in [6, 6.07) is 7.08. The number of allylic oxidation sites excluding steroid dienone is 4. The number of ketones is 2. The molecule has 3 nitrogen and oxygen atoms in total. The zero-order valence-electron chi connectivity index (χ0n) is 14.8. The van der Waals surface area contributed by atoms with Crippen molar-refractivity contribution in [3.8, 4) is 0 Å². The lowest BCUT2D eigenvalue weighted by Gasteiger charge is -2.35. The molecule has 2 aliphatic rings. The molecule has 0 aromatic heterocycles. The third-order valence-electron chi connectivity index (χ3n) is 5.15. The topological polar surface area (TPSA) is 37.4 Å². The Morgan fingerprint density at radius 2 is 1.76 bits per heavy atom. The van der Waals surface area contributed by atoms with Crippen molar-refractivity contribution in [2.75, 3.05) is 0 Å². The van der Waals surface area contributed by atoms with Gasteiger partial charge in [0.25, 0.3) is 0 Å². The van der Waals surface area contributed by atoms with Gasteiger partial charge in [0.2, 0.25) is 0 Å². The van der Waals surface area contributed by atoms with Gasteiger partial charge in [0.15, 0.2) is 11.6 Å². The van der Waals surface area contributed by atoms with E-state index in [-0.39, 0.29) is 23.5 Å². The van der Waals surface area contributed by atoms with Crippen LogP contribution in [0.2, 0.25) is 0 Å². The van der Waals surface area contributed by atoms with E-state index in [0.717, 1.165) is 23.0 Å². The van der Waals surface area contributed by atoms with Gasteiger partial charge in [-0.05, 0) is 57.9 Å². The van der Waals surface area contributed by atoms with E-state index in [2.05, 4.69) is 29.8 Å². The lowest BCUT2D eigenvalue weighted by atomic mass is 9.89. The Kier molecular flexibility index (Phi) is 5.09. The molecule has 2 bridgehead atoms. The SMILES string of the molecule is CC1=CC2CC(C)=C(C)CC(C2=O)N1C=CC(=O)c1ccc(Br)cc1. The highest BCUT2D eigenvalue weighted by molar-refractivity contribution is 9.10. The number of hydrogen-bond acceptors (Lipinski definition) is 3. The normalized spacial score (nSPS) is 23.8. The van der Waals surface area contributed by atoms with Crippen LogP contribution in [0.5, 0.6) is 0 Å². The summed E-state index contributed by atoms with van der Waals surface area (Å²) in [6.45, 7) is 6.23. The van der Waals surface area contributed by atoms with Crippen LogP contribution < -0.4 is 0 Å². The van der Waals surface area contributed by atoms with Crippen LogP contribution >= 0.6 is 15.9 Å². The van der Waals surface area contributed by atoms with E-state index < -0.39 is 0 Å². The number of hydrogen-bond donors (Lipinski definition) is 0. The number of Topliss-reactive ketones (excluding diaryl/α,β-unsaturated/α-hetero) is 1. The number of rotatable bonds is 3. The second kappa shape index (κ2) is 7.12. The molecule has 1 heterocycles. The molecule has 0 saturated heterocycles. The van der Waals surface area contributed by atoms with Gasteiger partial charge in [-0.15, -0.1) is 0 Å². The Balaban J connectivity index is 1.86. The number of carbonyl (C=O) groups excluding carboxylic acids is 2. The molecule has 4 heteroatoms. The van der Waals surface area contributed by atoms with Crippen molar-refractivity contribution in [2.45, 2.75) is 39.7 Å². The minimum atomic E-state index is -0.207. The van der Waals surface area contributed by atoms with Gasteiger partial charge in [-0.1, -0.05) is 33.2 Å². The van der Waals surface area contributed by atoms with E-state index >= 15 is 0 Å². The van der Waals surface area contributed by atoms with Crippen molar-refractivity contribution in [1.29, 1.82) is 0 Å². The van der Waals surface area contributed by atoms with E-state index in [0.29, 0.717) is 5.56 Å². The minimum Gasteiger partial charge on any atom is -0.341 e. The van der Waals surface area contributed by atoms with Gasteiger partial charge >= 0.3 is 0 Å². The van der Waals surface area contributed by atoms with Crippen LogP contribution in [0.15, 0.2) is 63.9 Å². The average Bonchev–Trinajstić information content (AvgIpc) is 2.64. The van der Waals surface area contributed by atoms with E-state index in [1.165, 1.54) is 11.1 Å². The summed E-state index contributed by atoms with van der Waals surface area (Å²) >= 11 is 3.37. The molecular weight excluding hydrogens is 378 g/mol. The minimum absolute atomic E-state index is 0.0331. The summed E-state index contributed by atoms with van der Waals surface area (Å²) < 4.78 is 0.940. The highest BCUT2D eigenvalue weighted by Crippen LogP contribution is 2.35. The fourth-order valence-corrected chi connectivity index (χ4v) is 3.76. The van der Waals surface area contributed by atoms with Crippen molar-refractivity contribution in [1.82, 2.24) is 4.90 Å². The number of halogens is 1. The molecule has 0 N–H and O–H groups in total. The summed E-state index contributed by atoms with van der Waals surface area (Å²) in [4.78, 5) is 27.1. The first-order valence-electron chi connectivity index (χ1n) is 8.50. The number of benzene rings is 1. The third-order valence-corrected chi connectivity index (χ3v) is 5.68. The highest BCUT2D eigenvalue weighted by atomic mass is 79.9. The summed E-state index contributed by atoms with van der Waals surface area (Å²) in [5, 5.41) is 0. The Morgan fingerprint density at radius 3 is 2.44 bits per heavy atom. The molecule has 25 heavy (non-hydrogen) atoms. The van der Waals surface area contributed by atoms with Crippen molar-refractivity contribution >= 4 is 27.5 Å². The molecule has 1 aliphatic carbocycles. The molecule has 0 saturated carbocycles. The molecule has 2 atom stereocenters. The molecule has 0 amide bonds. The van der Waals surface area contributed by atoms with Crippen LogP contribution in [-0.4, -0.2) is 22.5 Å². The van der Waals surface area contributed by atoms with Gasteiger partial charge in [0.05, 0.1) is 6.04 Å². The fourth-order valence-electron chi connectivity index (χ4n) is 3.50. The Labute approximate surface area is 157 Å². The largest absolute Gasteiger partial charge is 0.341 e. The van der Waals surface area contributed by atoms with Crippen LogP contribution in [0, 0.1) is 5.92 Å². The van der Waals surface area contributed by atoms with Gasteiger partial charge in [0.1, 0.15) is 0 Å². The van der Waals surface area contributed by atoms with Gasteiger partial charge in [-0.2, -0.15) is 0 Å². The van der Waals surface area contributed by atoms with Crippen molar-refractivity contribution < 1.29 is 9.59 Å². The maximum absolute atomic E-state index is 12.8. The monoisotopic (exact) mass is 399 g/mol. The van der Waals surface area contributed by atoms with Crippen molar-refractivity contribution in [2.24, 2.45) is 5.92 Å². The molecule has 3 rings (SSSR count). The lowest BCUT2D eigenvalue weighted by Crippen LogP contribution is -2.42. The molecule has 0 spiro atoms. The molecule has 0 radical (unpaired) electrons. The molecule has 2 unspecified atom stereocenters. The van der Waals surface area contributed by atoms with Gasteiger partial charge in [-0.25, -0.2) is 0 Å². The number of nitrogens with zero attached hydrogens (tertiary/aromatic N) is 1. The fraction of sp³-hybridized carbons (Fsp3) is 0.333. The predicted octanol–water partition coefficient (Wildman–Crippen LogP) is 5.05. The van der Waals surface area contributed by atoms with Crippen LogP contribution in [-0.2, 0) is 4.79 Å². The quantitative estimate of drug-likeness (QED) is 0.405. The molecule has 1 aromatic carbocycles. The zero-order valence-corrected chi connectivity index (χ0v) is 16.3. The first-order chi connectivity index (χ1) is 11.9. The van der Waals surface area contributed by atoms with E-state index in [1.807, 2.05) is 30.0 Å². The maximum Gasteiger partial charge on any atom is 0.187 e. The summed E-state index contributed by atoms with van der Waals surface area (Å²) in [5.41, 5.74) is 4.26. The van der Waals surface area contributed by atoms with Gasteiger partial charge < -0.3 is 4.90 Å². The Hall–Kier alpha value is -1.94.